The number of rotatable bonds is 7. The van der Waals surface area contributed by atoms with E-state index >= 15 is 0 Å². The van der Waals surface area contributed by atoms with Crippen LogP contribution in [0.3, 0.4) is 0 Å². The highest BCUT2D eigenvalue weighted by atomic mass is 32.2. The van der Waals surface area contributed by atoms with E-state index in [2.05, 4.69) is 9.71 Å². The molecule has 3 N–H and O–H groups in total. The Labute approximate surface area is 144 Å². The van der Waals surface area contributed by atoms with Gasteiger partial charge in [0.05, 0.1) is 15.8 Å². The molecule has 0 aliphatic heterocycles. The van der Waals surface area contributed by atoms with Crippen molar-refractivity contribution in [3.05, 3.63) is 39.0 Å². The second-order valence-corrected chi connectivity index (χ2v) is 7.10. The van der Waals surface area contributed by atoms with Crippen molar-refractivity contribution in [3.63, 3.8) is 0 Å². The summed E-state index contributed by atoms with van der Waals surface area (Å²) in [5, 5.41) is 0.0571. The second-order valence-electron chi connectivity index (χ2n) is 5.33. The zero-order valence-electron chi connectivity index (χ0n) is 14.0. The van der Waals surface area contributed by atoms with Gasteiger partial charge in [-0.1, -0.05) is 0 Å². The summed E-state index contributed by atoms with van der Waals surface area (Å²) in [6.07, 6.45) is 0.0440. The molecule has 25 heavy (non-hydrogen) atoms. The largest absolute Gasteiger partial charge is 0.343 e. The first kappa shape index (κ1) is 18.9. The van der Waals surface area contributed by atoms with Crippen molar-refractivity contribution >= 4 is 26.8 Å². The van der Waals surface area contributed by atoms with Gasteiger partial charge in [0.15, 0.2) is 0 Å². The summed E-state index contributed by atoms with van der Waals surface area (Å²) >= 11 is 0. The number of H-pyrrole nitrogens is 2. The number of nitrogens with zero attached hydrogens (tertiary/aromatic N) is 1. The molecular weight excluding hydrogens is 348 g/mol. The lowest BCUT2D eigenvalue weighted by molar-refractivity contribution is -0.130. The van der Waals surface area contributed by atoms with Gasteiger partial charge in [0.2, 0.25) is 15.9 Å². The quantitative estimate of drug-likeness (QED) is 0.620. The Morgan fingerprint density at radius 2 is 1.84 bits per heavy atom. The SMILES string of the molecule is CCN(CC)C(=O)CCNS(=O)(=O)c1ccc2[nH]c(=O)[nH]c(=O)c2c1. The van der Waals surface area contributed by atoms with Gasteiger partial charge in [0.1, 0.15) is 0 Å². The number of fused-ring (bicyclic) bond motifs is 1. The molecule has 0 unspecified atom stereocenters. The summed E-state index contributed by atoms with van der Waals surface area (Å²) in [6.45, 7) is 4.78. The molecule has 0 radical (unpaired) electrons. The van der Waals surface area contributed by atoms with Gasteiger partial charge in [-0.05, 0) is 32.0 Å². The maximum Gasteiger partial charge on any atom is 0.326 e. The lowest BCUT2D eigenvalue weighted by atomic mass is 10.2. The molecule has 0 spiro atoms. The summed E-state index contributed by atoms with van der Waals surface area (Å²) in [5.74, 6) is -0.139. The minimum absolute atomic E-state index is 0.0440. The van der Waals surface area contributed by atoms with Gasteiger partial charge in [-0.2, -0.15) is 0 Å². The van der Waals surface area contributed by atoms with E-state index in [1.165, 1.54) is 18.2 Å². The molecule has 0 saturated carbocycles. The number of carbonyl (C=O) groups excluding carboxylic acids is 1. The van der Waals surface area contributed by atoms with Crippen molar-refractivity contribution in [3.8, 4) is 0 Å². The smallest absolute Gasteiger partial charge is 0.326 e. The van der Waals surface area contributed by atoms with Crippen LogP contribution < -0.4 is 16.0 Å². The topological polar surface area (TPSA) is 132 Å². The van der Waals surface area contributed by atoms with Crippen molar-refractivity contribution < 1.29 is 13.2 Å². The number of aromatic nitrogens is 2. The van der Waals surface area contributed by atoms with E-state index in [0.717, 1.165) is 0 Å². The third-order valence-electron chi connectivity index (χ3n) is 3.77. The molecule has 1 heterocycles. The third kappa shape index (κ3) is 4.34. The van der Waals surface area contributed by atoms with E-state index in [-0.39, 0.29) is 34.7 Å². The molecule has 0 atom stereocenters. The van der Waals surface area contributed by atoms with Crippen LogP contribution >= 0.6 is 0 Å². The number of hydrogen-bond acceptors (Lipinski definition) is 5. The summed E-state index contributed by atoms with van der Waals surface area (Å²) in [7, 11) is -3.88. The van der Waals surface area contributed by atoms with Crippen LogP contribution in [0, 0.1) is 0 Å². The molecule has 1 amide bonds. The van der Waals surface area contributed by atoms with Gasteiger partial charge < -0.3 is 9.88 Å². The van der Waals surface area contributed by atoms with Crippen molar-refractivity contribution in [2.24, 2.45) is 0 Å². The summed E-state index contributed by atoms with van der Waals surface area (Å²) < 4.78 is 27.0. The number of amides is 1. The monoisotopic (exact) mass is 368 g/mol. The van der Waals surface area contributed by atoms with E-state index in [9.17, 15) is 22.8 Å². The van der Waals surface area contributed by atoms with Crippen LogP contribution in [-0.2, 0) is 14.8 Å². The number of hydrogen-bond donors (Lipinski definition) is 3. The first-order valence-corrected chi connectivity index (χ1v) is 9.30. The zero-order chi connectivity index (χ0) is 18.6. The van der Waals surface area contributed by atoms with Crippen LogP contribution in [0.1, 0.15) is 20.3 Å². The summed E-state index contributed by atoms with van der Waals surface area (Å²) in [5.41, 5.74) is -1.10. The number of sulfonamides is 1. The minimum Gasteiger partial charge on any atom is -0.343 e. The molecule has 0 bridgehead atoms. The fourth-order valence-electron chi connectivity index (χ4n) is 2.42. The van der Waals surface area contributed by atoms with Crippen molar-refractivity contribution in [1.29, 1.82) is 0 Å². The van der Waals surface area contributed by atoms with E-state index < -0.39 is 21.3 Å². The van der Waals surface area contributed by atoms with Gasteiger partial charge in [0, 0.05) is 26.1 Å². The molecule has 2 aromatic rings. The Kier molecular flexibility index (Phi) is 5.75. The zero-order valence-corrected chi connectivity index (χ0v) is 14.8. The van der Waals surface area contributed by atoms with Crippen molar-refractivity contribution in [1.82, 2.24) is 19.6 Å². The van der Waals surface area contributed by atoms with Crippen molar-refractivity contribution in [2.45, 2.75) is 25.2 Å². The molecule has 0 aliphatic carbocycles. The predicted molar refractivity (Wildman–Crippen MR) is 92.9 cm³/mol. The number of nitrogens with one attached hydrogen (secondary N) is 3. The molecule has 0 aliphatic rings. The third-order valence-corrected chi connectivity index (χ3v) is 5.23. The highest BCUT2D eigenvalue weighted by Gasteiger charge is 2.17. The van der Waals surface area contributed by atoms with E-state index in [0.29, 0.717) is 13.1 Å². The fraction of sp³-hybridized carbons (Fsp3) is 0.400. The van der Waals surface area contributed by atoms with Crippen LogP contribution in [0.5, 0.6) is 0 Å². The lowest BCUT2D eigenvalue weighted by Gasteiger charge is -2.18. The average Bonchev–Trinajstić information content (AvgIpc) is 2.55. The Morgan fingerprint density at radius 3 is 2.48 bits per heavy atom. The van der Waals surface area contributed by atoms with Gasteiger partial charge in [-0.3, -0.25) is 14.6 Å². The highest BCUT2D eigenvalue weighted by Crippen LogP contribution is 2.13. The normalized spacial score (nSPS) is 11.6. The number of aromatic amines is 2. The van der Waals surface area contributed by atoms with E-state index in [1.54, 1.807) is 4.90 Å². The minimum atomic E-state index is -3.88. The van der Waals surface area contributed by atoms with E-state index in [4.69, 9.17) is 0 Å². The van der Waals surface area contributed by atoms with Gasteiger partial charge in [-0.15, -0.1) is 0 Å². The predicted octanol–water partition coefficient (Wildman–Crippen LogP) is -0.247. The second kappa shape index (κ2) is 7.62. The van der Waals surface area contributed by atoms with Crippen LogP contribution in [0.2, 0.25) is 0 Å². The molecule has 0 saturated heterocycles. The molecule has 2 rings (SSSR count). The Hall–Kier alpha value is -2.46. The van der Waals surface area contributed by atoms with Gasteiger partial charge >= 0.3 is 5.69 Å². The van der Waals surface area contributed by atoms with Crippen LogP contribution in [0.25, 0.3) is 10.9 Å². The maximum atomic E-state index is 12.3. The Bertz CT molecular complexity index is 989. The van der Waals surface area contributed by atoms with Crippen LogP contribution in [0.15, 0.2) is 32.7 Å². The fourth-order valence-corrected chi connectivity index (χ4v) is 3.48. The molecule has 1 aromatic heterocycles. The Morgan fingerprint density at radius 1 is 1.16 bits per heavy atom. The standard InChI is InChI=1S/C15H20N4O5S/c1-3-19(4-2)13(20)7-8-16-25(23,24)10-5-6-12-11(9-10)14(21)18-15(22)17-12/h5-6,9,16H,3-4,7-8H2,1-2H3,(H2,17,18,21,22). The molecular formula is C15H20N4O5S. The molecule has 9 nitrogen and oxygen atoms in total. The number of carbonyl (C=O) groups is 1. The average molecular weight is 368 g/mol. The van der Waals surface area contributed by atoms with Gasteiger partial charge in [-0.25, -0.2) is 17.9 Å². The highest BCUT2D eigenvalue weighted by molar-refractivity contribution is 7.89. The van der Waals surface area contributed by atoms with Crippen molar-refractivity contribution in [2.75, 3.05) is 19.6 Å². The summed E-state index contributed by atoms with van der Waals surface area (Å²) in [6, 6.07) is 3.81. The first-order chi connectivity index (χ1) is 11.8. The number of benzene rings is 1. The lowest BCUT2D eigenvalue weighted by Crippen LogP contribution is -2.34. The van der Waals surface area contributed by atoms with E-state index in [1.807, 2.05) is 18.8 Å². The molecule has 10 heteroatoms. The van der Waals surface area contributed by atoms with Crippen LogP contribution in [0.4, 0.5) is 0 Å². The summed E-state index contributed by atoms with van der Waals surface area (Å²) in [4.78, 5) is 40.8. The van der Waals surface area contributed by atoms with Crippen LogP contribution in [-0.4, -0.2) is 48.8 Å². The molecule has 1 aromatic carbocycles. The Balaban J connectivity index is 2.17. The maximum absolute atomic E-state index is 12.3. The molecule has 0 fully saturated rings. The first-order valence-electron chi connectivity index (χ1n) is 7.82. The van der Waals surface area contributed by atoms with Gasteiger partial charge in [0.25, 0.3) is 5.56 Å². The molecule has 136 valence electrons.